The van der Waals surface area contributed by atoms with Gasteiger partial charge in [0.05, 0.1) is 11.8 Å². The van der Waals surface area contributed by atoms with Crippen LogP contribution in [-0.2, 0) is 9.53 Å². The van der Waals surface area contributed by atoms with E-state index < -0.39 is 5.43 Å². The van der Waals surface area contributed by atoms with Gasteiger partial charge in [-0.25, -0.2) is 0 Å². The third kappa shape index (κ3) is 50.5. The number of rotatable bonds is 39. The molecule has 0 fully saturated rings. The lowest BCUT2D eigenvalue weighted by Gasteiger charge is -2.22. The van der Waals surface area contributed by atoms with Gasteiger partial charge in [0.15, 0.2) is 0 Å². The van der Waals surface area contributed by atoms with Gasteiger partial charge in [0, 0.05) is 12.6 Å². The van der Waals surface area contributed by atoms with Gasteiger partial charge in [0.2, 0.25) is 10.9 Å². The van der Waals surface area contributed by atoms with Gasteiger partial charge in [-0.05, 0) is 77.4 Å². The summed E-state index contributed by atoms with van der Waals surface area (Å²) in [5.74, 6) is 0.957. The minimum Gasteiger partial charge on any atom is -0.490 e. The molecule has 0 bridgehead atoms. The van der Waals surface area contributed by atoms with Crippen molar-refractivity contribution in [1.29, 1.82) is 0 Å². The molecule has 7 heteroatoms. The summed E-state index contributed by atoms with van der Waals surface area (Å²) in [6, 6.07) is 0. The molecule has 0 saturated carbocycles. The maximum atomic E-state index is 10.5. The molecule has 0 aliphatic heterocycles. The second-order valence-corrected chi connectivity index (χ2v) is 18.0. The minimum absolute atomic E-state index is 0.250. The van der Waals surface area contributed by atoms with Crippen molar-refractivity contribution in [2.45, 2.75) is 280 Å². The molecule has 1 aromatic rings. The molecule has 0 radical (unpaired) electrons. The summed E-state index contributed by atoms with van der Waals surface area (Å²) < 4.78 is 5.70. The van der Waals surface area contributed by atoms with E-state index in [4.69, 9.17) is 14.6 Å². The van der Waals surface area contributed by atoms with Crippen molar-refractivity contribution < 1.29 is 14.6 Å². The third-order valence-corrected chi connectivity index (χ3v) is 11.6. The number of ether oxygens (including phenoxy) is 1. The van der Waals surface area contributed by atoms with Crippen LogP contribution < -0.4 is 16.2 Å². The quantitative estimate of drug-likeness (QED) is 0.0223. The molecule has 2 N–H and O–H groups in total. The SMILES string of the molecule is C=C=COC(CCCCCC)CCCCCCCC.CCC.CCCCCCCCN(CCCCC)CCCCCCCC(C)CCCCCC.CNc1c(C)c(=O)c1=O.O=CO. The minimum atomic E-state index is -0.394. The van der Waals surface area contributed by atoms with Crippen LogP contribution in [0.2, 0.25) is 0 Å². The van der Waals surface area contributed by atoms with Crippen LogP contribution in [0.4, 0.5) is 5.69 Å². The first-order valence-electron chi connectivity index (χ1n) is 26.9. The van der Waals surface area contributed by atoms with Gasteiger partial charge in [0.1, 0.15) is 6.26 Å². The van der Waals surface area contributed by atoms with E-state index in [1.54, 1.807) is 20.2 Å². The third-order valence-electron chi connectivity index (χ3n) is 11.6. The molecule has 0 aliphatic rings. The Kier molecular flexibility index (Phi) is 61.5. The molecule has 0 aromatic heterocycles. The highest BCUT2D eigenvalue weighted by molar-refractivity contribution is 5.54. The molecule has 7 nitrogen and oxygen atoms in total. The Morgan fingerprint density at radius 3 is 1.21 bits per heavy atom. The molecular formula is C56H110N2O5. The Morgan fingerprint density at radius 2 is 0.873 bits per heavy atom. The molecule has 0 amide bonds. The number of anilines is 1. The largest absolute Gasteiger partial charge is 0.490 e. The van der Waals surface area contributed by atoms with E-state index in [-0.39, 0.29) is 11.9 Å². The molecule has 2 atom stereocenters. The Bertz CT molecular complexity index is 1140. The van der Waals surface area contributed by atoms with E-state index >= 15 is 0 Å². The highest BCUT2D eigenvalue weighted by Gasteiger charge is 2.14. The van der Waals surface area contributed by atoms with Gasteiger partial charge >= 0.3 is 0 Å². The number of carboxylic acid groups (broad SMARTS) is 1. The number of hydrogen-bond donors (Lipinski definition) is 2. The number of hydrogen-bond acceptors (Lipinski definition) is 6. The fourth-order valence-corrected chi connectivity index (χ4v) is 7.64. The van der Waals surface area contributed by atoms with Gasteiger partial charge in [-0.1, -0.05) is 235 Å². The van der Waals surface area contributed by atoms with Crippen LogP contribution in [0.3, 0.4) is 0 Å². The zero-order valence-corrected chi connectivity index (χ0v) is 44.0. The van der Waals surface area contributed by atoms with Crippen molar-refractivity contribution in [3.05, 3.63) is 44.6 Å². The van der Waals surface area contributed by atoms with Crippen molar-refractivity contribution in [3.63, 3.8) is 0 Å². The van der Waals surface area contributed by atoms with Crippen LogP contribution in [0.15, 0.2) is 28.2 Å². The molecule has 0 aliphatic carbocycles. The van der Waals surface area contributed by atoms with Crippen LogP contribution in [-0.4, -0.2) is 49.3 Å². The van der Waals surface area contributed by atoms with E-state index in [1.807, 2.05) is 0 Å². The molecule has 0 spiro atoms. The lowest BCUT2D eigenvalue weighted by Crippen LogP contribution is -2.36. The number of carbonyl (C=O) groups is 1. The average molecular weight is 892 g/mol. The zero-order chi connectivity index (χ0) is 48.0. The van der Waals surface area contributed by atoms with Crippen molar-refractivity contribution in [3.8, 4) is 0 Å². The second kappa shape index (κ2) is 57.6. The molecule has 0 saturated heterocycles. The first-order chi connectivity index (χ1) is 30.6. The maximum absolute atomic E-state index is 10.5. The zero-order valence-electron chi connectivity index (χ0n) is 44.0. The summed E-state index contributed by atoms with van der Waals surface area (Å²) in [4.78, 5) is 32.2. The number of nitrogens with zero attached hydrogens (tertiary/aromatic N) is 1. The fourth-order valence-electron chi connectivity index (χ4n) is 7.64. The lowest BCUT2D eigenvalue weighted by atomic mass is 9.96. The average Bonchev–Trinajstić information content (AvgIpc) is 3.28. The topological polar surface area (TPSA) is 95.9 Å². The van der Waals surface area contributed by atoms with Crippen LogP contribution in [0.1, 0.15) is 273 Å². The Balaban J connectivity index is -0.000000432. The Hall–Kier alpha value is -2.37. The van der Waals surface area contributed by atoms with Gasteiger partial charge in [-0.15, -0.1) is 0 Å². The first kappa shape index (κ1) is 67.2. The highest BCUT2D eigenvalue weighted by Crippen LogP contribution is 2.19. The van der Waals surface area contributed by atoms with Gasteiger partial charge < -0.3 is 20.1 Å². The Morgan fingerprint density at radius 1 is 0.571 bits per heavy atom. The summed E-state index contributed by atoms with van der Waals surface area (Å²) in [6.45, 7) is 27.2. The summed E-state index contributed by atoms with van der Waals surface area (Å²) in [5.41, 5.74) is 2.97. The molecular weight excluding hydrogens is 781 g/mol. The second-order valence-electron chi connectivity index (χ2n) is 18.0. The Labute approximate surface area is 393 Å². The van der Waals surface area contributed by atoms with Gasteiger partial charge in [-0.3, -0.25) is 14.4 Å². The molecule has 2 unspecified atom stereocenters. The predicted octanol–water partition coefficient (Wildman–Crippen LogP) is 16.9. The number of nitrogens with one attached hydrogen (secondary N) is 1. The van der Waals surface area contributed by atoms with Crippen molar-refractivity contribution in [2.75, 3.05) is 32.0 Å². The van der Waals surface area contributed by atoms with Gasteiger partial charge in [-0.2, -0.15) is 0 Å². The van der Waals surface area contributed by atoms with Crippen molar-refractivity contribution in [1.82, 2.24) is 4.90 Å². The first-order valence-corrected chi connectivity index (χ1v) is 26.9. The van der Waals surface area contributed by atoms with E-state index in [0.29, 0.717) is 17.4 Å². The lowest BCUT2D eigenvalue weighted by molar-refractivity contribution is -0.122. The van der Waals surface area contributed by atoms with Crippen LogP contribution in [0.25, 0.3) is 0 Å². The van der Waals surface area contributed by atoms with Gasteiger partial charge in [0.25, 0.3) is 6.47 Å². The smallest absolute Gasteiger partial charge is 0.290 e. The van der Waals surface area contributed by atoms with Crippen LogP contribution >= 0.6 is 0 Å². The van der Waals surface area contributed by atoms with Crippen LogP contribution in [0.5, 0.6) is 0 Å². The standard InChI is InChI=1S/C28H59N.C18H34O.C6H7NO2.C3H8.CH2O2/c1-5-8-11-13-16-21-26-29(25-20-10-7-3)27-22-17-14-15-19-24-28(4)23-18-12-9-6-2;1-4-7-9-11-12-14-16-18(19-17-6-3)15-13-10-8-5-2;1-3-4(7-2)6(9)5(3)8;1-3-2;2-1-3/h28H,5-27H2,1-4H3;17-18H,3-5,7-16H2,1-2H3;7H,1-2H3;3H2,1-2H3;1H,(H,2,3). The van der Waals surface area contributed by atoms with E-state index in [0.717, 1.165) is 5.92 Å². The van der Waals surface area contributed by atoms with Crippen LogP contribution in [0, 0.1) is 12.8 Å². The normalized spacial score (nSPS) is 11.3. The van der Waals surface area contributed by atoms with E-state index in [1.165, 1.54) is 232 Å². The summed E-state index contributed by atoms with van der Waals surface area (Å²) >= 11 is 0. The number of unbranched alkanes of at least 4 members (excludes halogenated alkanes) is 22. The highest BCUT2D eigenvalue weighted by atomic mass is 16.5. The van der Waals surface area contributed by atoms with E-state index in [2.05, 4.69) is 77.9 Å². The molecule has 1 aromatic carbocycles. The van der Waals surface area contributed by atoms with Crippen molar-refractivity contribution >= 4 is 12.2 Å². The van der Waals surface area contributed by atoms with E-state index in [9.17, 15) is 9.59 Å². The monoisotopic (exact) mass is 891 g/mol. The van der Waals surface area contributed by atoms with Crippen molar-refractivity contribution in [2.24, 2.45) is 5.92 Å². The fraction of sp³-hybridized carbons (Fsp3) is 0.857. The molecule has 1 rings (SSSR count). The summed E-state index contributed by atoms with van der Waals surface area (Å²) in [5, 5.41) is 9.53. The maximum Gasteiger partial charge on any atom is 0.290 e. The molecule has 63 heavy (non-hydrogen) atoms. The molecule has 374 valence electrons. The summed E-state index contributed by atoms with van der Waals surface area (Å²) in [6.07, 6.45) is 47.7. The molecule has 0 heterocycles. The predicted molar refractivity (Wildman–Crippen MR) is 281 cm³/mol. The summed E-state index contributed by atoms with van der Waals surface area (Å²) in [7, 11) is 1.63.